The third kappa shape index (κ3) is 3.13. The van der Waals surface area contributed by atoms with Crippen molar-refractivity contribution < 1.29 is 18.0 Å². The lowest BCUT2D eigenvalue weighted by molar-refractivity contribution is -0.115. The fraction of sp³-hybridized carbons (Fsp3) is 0.0714. The van der Waals surface area contributed by atoms with Crippen molar-refractivity contribution in [3.05, 3.63) is 65.5 Å². The van der Waals surface area contributed by atoms with E-state index in [4.69, 9.17) is 0 Å². The minimum absolute atomic E-state index is 0.0271. The van der Waals surface area contributed by atoms with Crippen LogP contribution in [-0.2, 0) is 11.2 Å². The molecule has 0 heterocycles. The lowest BCUT2D eigenvalue weighted by atomic mass is 10.1. The zero-order chi connectivity index (χ0) is 13.8. The lowest BCUT2D eigenvalue weighted by Crippen LogP contribution is -2.16. The molecule has 2 aromatic rings. The average molecular weight is 265 g/mol. The molecule has 0 fully saturated rings. The molecule has 0 aliphatic heterocycles. The summed E-state index contributed by atoms with van der Waals surface area (Å²) in [6, 6.07) is 10.5. The summed E-state index contributed by atoms with van der Waals surface area (Å²) in [5.41, 5.74) is 0.364. The highest BCUT2D eigenvalue weighted by Crippen LogP contribution is 2.19. The van der Waals surface area contributed by atoms with E-state index >= 15 is 0 Å². The molecular formula is C14H10F3NO. The van der Waals surface area contributed by atoms with E-state index in [0.717, 1.165) is 17.7 Å². The van der Waals surface area contributed by atoms with E-state index in [2.05, 4.69) is 5.32 Å². The van der Waals surface area contributed by atoms with Gasteiger partial charge in [-0.25, -0.2) is 13.2 Å². The van der Waals surface area contributed by atoms with Crippen LogP contribution in [0.15, 0.2) is 42.5 Å². The van der Waals surface area contributed by atoms with E-state index in [1.54, 1.807) is 30.3 Å². The molecule has 0 saturated carbocycles. The molecule has 2 rings (SSSR count). The van der Waals surface area contributed by atoms with Crippen molar-refractivity contribution in [1.82, 2.24) is 0 Å². The van der Waals surface area contributed by atoms with E-state index in [-0.39, 0.29) is 12.1 Å². The second-order valence-electron chi connectivity index (χ2n) is 3.93. The summed E-state index contributed by atoms with van der Waals surface area (Å²) < 4.78 is 39.0. The molecular weight excluding hydrogens is 255 g/mol. The van der Waals surface area contributed by atoms with Crippen LogP contribution in [0.4, 0.5) is 18.9 Å². The van der Waals surface area contributed by atoms with Gasteiger partial charge in [0.15, 0.2) is 17.5 Å². The average Bonchev–Trinajstić information content (AvgIpc) is 2.41. The van der Waals surface area contributed by atoms with Crippen LogP contribution in [-0.4, -0.2) is 5.91 Å². The Bertz CT molecular complexity index is 599. The van der Waals surface area contributed by atoms with Crippen molar-refractivity contribution >= 4 is 11.6 Å². The molecule has 0 spiro atoms. The van der Waals surface area contributed by atoms with Crippen molar-refractivity contribution in [2.24, 2.45) is 0 Å². The molecule has 0 aliphatic rings. The molecule has 1 N–H and O–H groups in total. The van der Waals surface area contributed by atoms with Gasteiger partial charge in [0.2, 0.25) is 5.91 Å². The molecule has 2 aromatic carbocycles. The number of carbonyl (C=O) groups excluding carboxylic acids is 1. The van der Waals surface area contributed by atoms with Crippen LogP contribution >= 0.6 is 0 Å². The Labute approximate surface area is 107 Å². The van der Waals surface area contributed by atoms with Crippen LogP contribution < -0.4 is 5.32 Å². The molecule has 0 bridgehead atoms. The molecule has 0 atom stereocenters. The summed E-state index contributed by atoms with van der Waals surface area (Å²) in [6.45, 7) is 0. The molecule has 5 heteroatoms. The molecule has 98 valence electrons. The third-order valence-electron chi connectivity index (χ3n) is 2.52. The largest absolute Gasteiger partial charge is 0.323 e. The second-order valence-corrected chi connectivity index (χ2v) is 3.93. The zero-order valence-corrected chi connectivity index (χ0v) is 9.79. The Balaban J connectivity index is 2.10. The van der Waals surface area contributed by atoms with E-state index in [0.29, 0.717) is 0 Å². The zero-order valence-electron chi connectivity index (χ0n) is 9.79. The summed E-state index contributed by atoms with van der Waals surface area (Å²) in [5, 5.41) is 2.21. The van der Waals surface area contributed by atoms with Gasteiger partial charge in [-0.3, -0.25) is 4.79 Å². The van der Waals surface area contributed by atoms with Crippen LogP contribution in [0.5, 0.6) is 0 Å². The fourth-order valence-corrected chi connectivity index (χ4v) is 1.60. The smallest absolute Gasteiger partial charge is 0.228 e. The normalized spacial score (nSPS) is 10.3. The van der Waals surface area contributed by atoms with Crippen molar-refractivity contribution in [3.63, 3.8) is 0 Å². The molecule has 0 radical (unpaired) electrons. The van der Waals surface area contributed by atoms with E-state index in [9.17, 15) is 18.0 Å². The number of carbonyl (C=O) groups is 1. The van der Waals surface area contributed by atoms with E-state index in [1.165, 1.54) is 0 Å². The highest BCUT2D eigenvalue weighted by Gasteiger charge is 2.15. The van der Waals surface area contributed by atoms with Crippen molar-refractivity contribution in [3.8, 4) is 0 Å². The van der Waals surface area contributed by atoms with E-state index in [1.807, 2.05) is 0 Å². The Morgan fingerprint density at radius 3 is 2.32 bits per heavy atom. The number of hydrogen-bond donors (Lipinski definition) is 1. The molecule has 1 amide bonds. The number of hydrogen-bond acceptors (Lipinski definition) is 1. The first-order valence-corrected chi connectivity index (χ1v) is 5.55. The quantitative estimate of drug-likeness (QED) is 0.848. The van der Waals surface area contributed by atoms with Crippen LogP contribution in [0.3, 0.4) is 0 Å². The maximum absolute atomic E-state index is 13.3. The van der Waals surface area contributed by atoms with Crippen molar-refractivity contribution in [1.29, 1.82) is 0 Å². The summed E-state index contributed by atoms with van der Waals surface area (Å²) in [5.74, 6) is -4.80. The minimum atomic E-state index is -1.60. The van der Waals surface area contributed by atoms with Gasteiger partial charge >= 0.3 is 0 Å². The highest BCUT2D eigenvalue weighted by molar-refractivity contribution is 5.92. The first kappa shape index (κ1) is 13.1. The number of anilines is 1. The van der Waals surface area contributed by atoms with Crippen LogP contribution in [0.2, 0.25) is 0 Å². The maximum atomic E-state index is 13.3. The Hall–Kier alpha value is -2.30. The Kier molecular flexibility index (Phi) is 3.85. The third-order valence-corrected chi connectivity index (χ3v) is 2.52. The molecule has 19 heavy (non-hydrogen) atoms. The number of amides is 1. The predicted molar refractivity (Wildman–Crippen MR) is 65.1 cm³/mol. The van der Waals surface area contributed by atoms with Gasteiger partial charge in [-0.1, -0.05) is 30.3 Å². The Morgan fingerprint density at radius 1 is 0.947 bits per heavy atom. The molecule has 2 nitrogen and oxygen atoms in total. The summed E-state index contributed by atoms with van der Waals surface area (Å²) >= 11 is 0. The summed E-state index contributed by atoms with van der Waals surface area (Å²) in [6.07, 6.45) is 0.0271. The summed E-state index contributed by atoms with van der Waals surface area (Å²) in [7, 11) is 0. The number of nitrogens with one attached hydrogen (secondary N) is 1. The molecule has 0 unspecified atom stereocenters. The molecule has 0 aliphatic carbocycles. The van der Waals surface area contributed by atoms with Crippen LogP contribution in [0.1, 0.15) is 5.56 Å². The van der Waals surface area contributed by atoms with Crippen LogP contribution in [0.25, 0.3) is 0 Å². The minimum Gasteiger partial charge on any atom is -0.323 e. The standard InChI is InChI=1S/C14H10F3NO/c15-10-6-7-11(14(17)13(10)16)18-12(19)8-9-4-2-1-3-5-9/h1-7H,8H2,(H,18,19). The van der Waals surface area contributed by atoms with Gasteiger partial charge in [0.25, 0.3) is 0 Å². The van der Waals surface area contributed by atoms with E-state index < -0.39 is 23.4 Å². The molecule has 0 aromatic heterocycles. The first-order chi connectivity index (χ1) is 9.08. The van der Waals surface area contributed by atoms with Gasteiger partial charge in [-0.2, -0.15) is 0 Å². The van der Waals surface area contributed by atoms with Crippen molar-refractivity contribution in [2.45, 2.75) is 6.42 Å². The number of rotatable bonds is 3. The summed E-state index contributed by atoms with van der Waals surface area (Å²) in [4.78, 5) is 11.6. The van der Waals surface area contributed by atoms with Gasteiger partial charge in [0.05, 0.1) is 12.1 Å². The maximum Gasteiger partial charge on any atom is 0.228 e. The van der Waals surface area contributed by atoms with Gasteiger partial charge in [0, 0.05) is 0 Å². The number of benzene rings is 2. The monoisotopic (exact) mass is 265 g/mol. The SMILES string of the molecule is O=C(Cc1ccccc1)Nc1ccc(F)c(F)c1F. The van der Waals surface area contributed by atoms with Gasteiger partial charge in [-0.15, -0.1) is 0 Å². The lowest BCUT2D eigenvalue weighted by Gasteiger charge is -2.07. The predicted octanol–water partition coefficient (Wildman–Crippen LogP) is 3.29. The van der Waals surface area contributed by atoms with Crippen LogP contribution in [0, 0.1) is 17.5 Å². The number of halogens is 3. The van der Waals surface area contributed by atoms with Gasteiger partial charge in [-0.05, 0) is 17.7 Å². The Morgan fingerprint density at radius 2 is 1.63 bits per heavy atom. The second kappa shape index (κ2) is 5.56. The van der Waals surface area contributed by atoms with Crippen molar-refractivity contribution in [2.75, 3.05) is 5.32 Å². The van der Waals surface area contributed by atoms with Gasteiger partial charge in [0.1, 0.15) is 0 Å². The van der Waals surface area contributed by atoms with Gasteiger partial charge < -0.3 is 5.32 Å². The topological polar surface area (TPSA) is 29.1 Å². The molecule has 0 saturated heterocycles. The first-order valence-electron chi connectivity index (χ1n) is 5.55. The highest BCUT2D eigenvalue weighted by atomic mass is 19.2. The fourth-order valence-electron chi connectivity index (χ4n) is 1.60.